The Morgan fingerprint density at radius 1 is 1.35 bits per heavy atom. The van der Waals surface area contributed by atoms with Gasteiger partial charge in [-0.3, -0.25) is 0 Å². The Balaban J connectivity index is 2.16. The van der Waals surface area contributed by atoms with Gasteiger partial charge in [0.25, 0.3) is 0 Å². The third-order valence-corrected chi connectivity index (χ3v) is 3.98. The molecule has 0 bridgehead atoms. The standard InChI is InChI=1S/C13H18Cl2N2/c1-2-10-9-17(7-3-6-16-10)11-4-5-12(14)13(15)8-11/h4-5,8,10,16H,2-3,6-7,9H2,1H3. The van der Waals surface area contributed by atoms with Gasteiger partial charge in [-0.15, -0.1) is 0 Å². The summed E-state index contributed by atoms with van der Waals surface area (Å²) >= 11 is 12.0. The van der Waals surface area contributed by atoms with Crippen molar-refractivity contribution >= 4 is 28.9 Å². The summed E-state index contributed by atoms with van der Waals surface area (Å²) in [6.45, 7) is 5.42. The van der Waals surface area contributed by atoms with Gasteiger partial charge in [0.2, 0.25) is 0 Å². The lowest BCUT2D eigenvalue weighted by molar-refractivity contribution is 0.528. The van der Waals surface area contributed by atoms with Crippen molar-refractivity contribution in [2.24, 2.45) is 0 Å². The Bertz CT molecular complexity index is 382. The predicted octanol–water partition coefficient (Wildman–Crippen LogP) is 3.57. The molecular formula is C13H18Cl2N2. The summed E-state index contributed by atoms with van der Waals surface area (Å²) in [6, 6.07) is 6.44. The van der Waals surface area contributed by atoms with Gasteiger partial charge in [0, 0.05) is 24.8 Å². The number of rotatable bonds is 2. The fraction of sp³-hybridized carbons (Fsp3) is 0.538. The molecule has 1 heterocycles. The van der Waals surface area contributed by atoms with Crippen molar-refractivity contribution in [3.05, 3.63) is 28.2 Å². The quantitative estimate of drug-likeness (QED) is 0.886. The molecule has 1 unspecified atom stereocenters. The average molecular weight is 273 g/mol. The molecule has 1 aliphatic heterocycles. The molecule has 94 valence electrons. The topological polar surface area (TPSA) is 15.3 Å². The molecule has 1 aliphatic rings. The predicted molar refractivity (Wildman–Crippen MR) is 75.4 cm³/mol. The molecule has 1 aromatic carbocycles. The maximum absolute atomic E-state index is 6.07. The Morgan fingerprint density at radius 3 is 2.88 bits per heavy atom. The summed E-state index contributed by atoms with van der Waals surface area (Å²) in [4.78, 5) is 2.39. The van der Waals surface area contributed by atoms with E-state index in [0.717, 1.165) is 32.5 Å². The van der Waals surface area contributed by atoms with Gasteiger partial charge in [-0.1, -0.05) is 30.1 Å². The third-order valence-electron chi connectivity index (χ3n) is 3.24. The van der Waals surface area contributed by atoms with Crippen LogP contribution in [0.3, 0.4) is 0 Å². The first kappa shape index (κ1) is 13.0. The van der Waals surface area contributed by atoms with Crippen LogP contribution in [0, 0.1) is 0 Å². The normalized spacial score (nSPS) is 21.4. The van der Waals surface area contributed by atoms with E-state index in [4.69, 9.17) is 23.2 Å². The molecule has 4 heteroatoms. The van der Waals surface area contributed by atoms with Gasteiger partial charge in [-0.05, 0) is 37.6 Å². The molecule has 0 aliphatic carbocycles. The van der Waals surface area contributed by atoms with E-state index in [0.29, 0.717) is 16.1 Å². The van der Waals surface area contributed by atoms with Crippen LogP contribution in [0.15, 0.2) is 18.2 Å². The number of halogens is 2. The van der Waals surface area contributed by atoms with Crippen molar-refractivity contribution in [3.8, 4) is 0 Å². The zero-order chi connectivity index (χ0) is 12.3. The summed E-state index contributed by atoms with van der Waals surface area (Å²) in [6.07, 6.45) is 2.31. The molecule has 1 fully saturated rings. The Kier molecular flexibility index (Phi) is 4.55. The molecule has 1 aromatic rings. The monoisotopic (exact) mass is 272 g/mol. The molecule has 1 atom stereocenters. The summed E-state index contributed by atoms with van der Waals surface area (Å²) in [7, 11) is 0. The fourth-order valence-corrected chi connectivity index (χ4v) is 2.48. The summed E-state index contributed by atoms with van der Waals surface area (Å²) in [5, 5.41) is 4.81. The van der Waals surface area contributed by atoms with Crippen molar-refractivity contribution < 1.29 is 0 Å². The van der Waals surface area contributed by atoms with Crippen molar-refractivity contribution in [2.75, 3.05) is 24.5 Å². The van der Waals surface area contributed by atoms with Crippen LogP contribution in [0.25, 0.3) is 0 Å². The maximum atomic E-state index is 6.07. The van der Waals surface area contributed by atoms with Gasteiger partial charge in [0.1, 0.15) is 0 Å². The van der Waals surface area contributed by atoms with Crippen LogP contribution in [-0.2, 0) is 0 Å². The van der Waals surface area contributed by atoms with E-state index in [1.54, 1.807) is 0 Å². The number of anilines is 1. The molecule has 0 aromatic heterocycles. The number of hydrogen-bond acceptors (Lipinski definition) is 2. The van der Waals surface area contributed by atoms with Crippen LogP contribution in [0.1, 0.15) is 19.8 Å². The lowest BCUT2D eigenvalue weighted by atomic mass is 10.2. The zero-order valence-corrected chi connectivity index (χ0v) is 11.6. The van der Waals surface area contributed by atoms with Gasteiger partial charge in [-0.25, -0.2) is 0 Å². The first-order valence-corrected chi connectivity index (χ1v) is 6.89. The first-order valence-electron chi connectivity index (χ1n) is 6.14. The number of nitrogens with one attached hydrogen (secondary N) is 1. The van der Waals surface area contributed by atoms with Crippen LogP contribution < -0.4 is 10.2 Å². The molecule has 0 saturated carbocycles. The average Bonchev–Trinajstić information content (AvgIpc) is 2.58. The number of hydrogen-bond donors (Lipinski definition) is 1. The van der Waals surface area contributed by atoms with Gasteiger partial charge in [-0.2, -0.15) is 0 Å². The second-order valence-electron chi connectivity index (χ2n) is 4.46. The highest BCUT2D eigenvalue weighted by Gasteiger charge is 2.16. The van der Waals surface area contributed by atoms with Crippen LogP contribution in [0.2, 0.25) is 10.0 Å². The van der Waals surface area contributed by atoms with E-state index in [1.165, 1.54) is 5.69 Å². The minimum absolute atomic E-state index is 0.562. The van der Waals surface area contributed by atoms with Crippen molar-refractivity contribution in [1.29, 1.82) is 0 Å². The summed E-state index contributed by atoms with van der Waals surface area (Å²) < 4.78 is 0. The van der Waals surface area contributed by atoms with E-state index in [1.807, 2.05) is 18.2 Å². The minimum atomic E-state index is 0.562. The molecule has 0 radical (unpaired) electrons. The molecule has 2 nitrogen and oxygen atoms in total. The van der Waals surface area contributed by atoms with Gasteiger partial charge in [0.15, 0.2) is 0 Å². The maximum Gasteiger partial charge on any atom is 0.0612 e. The molecular weight excluding hydrogens is 255 g/mol. The molecule has 0 amide bonds. The van der Waals surface area contributed by atoms with Crippen molar-refractivity contribution in [2.45, 2.75) is 25.8 Å². The van der Waals surface area contributed by atoms with Gasteiger partial charge in [0.05, 0.1) is 10.0 Å². The smallest absolute Gasteiger partial charge is 0.0612 e. The second kappa shape index (κ2) is 5.94. The summed E-state index contributed by atoms with van der Waals surface area (Å²) in [5.41, 5.74) is 1.17. The van der Waals surface area contributed by atoms with Crippen molar-refractivity contribution in [1.82, 2.24) is 5.32 Å². The largest absolute Gasteiger partial charge is 0.370 e. The van der Waals surface area contributed by atoms with Crippen molar-refractivity contribution in [3.63, 3.8) is 0 Å². The third kappa shape index (κ3) is 3.27. The molecule has 1 saturated heterocycles. The van der Waals surface area contributed by atoms with E-state index in [9.17, 15) is 0 Å². The fourth-order valence-electron chi connectivity index (χ4n) is 2.19. The highest BCUT2D eigenvalue weighted by atomic mass is 35.5. The highest BCUT2D eigenvalue weighted by molar-refractivity contribution is 6.42. The Morgan fingerprint density at radius 2 is 2.18 bits per heavy atom. The SMILES string of the molecule is CCC1CN(c2ccc(Cl)c(Cl)c2)CCCN1. The van der Waals surface area contributed by atoms with Gasteiger partial charge < -0.3 is 10.2 Å². The van der Waals surface area contributed by atoms with E-state index in [-0.39, 0.29) is 0 Å². The van der Waals surface area contributed by atoms with Gasteiger partial charge >= 0.3 is 0 Å². The number of nitrogens with zero attached hydrogens (tertiary/aromatic N) is 1. The zero-order valence-electron chi connectivity index (χ0n) is 10.0. The highest BCUT2D eigenvalue weighted by Crippen LogP contribution is 2.27. The Hall–Kier alpha value is -0.440. The first-order chi connectivity index (χ1) is 8.20. The Labute approximate surface area is 113 Å². The summed E-state index contributed by atoms with van der Waals surface area (Å²) in [5.74, 6) is 0. The van der Waals surface area contributed by atoms with Crippen LogP contribution in [0.4, 0.5) is 5.69 Å². The second-order valence-corrected chi connectivity index (χ2v) is 5.27. The van der Waals surface area contributed by atoms with Crippen LogP contribution >= 0.6 is 23.2 Å². The lowest BCUT2D eigenvalue weighted by Crippen LogP contribution is -2.37. The van der Waals surface area contributed by atoms with Crippen LogP contribution in [-0.4, -0.2) is 25.7 Å². The molecule has 2 rings (SSSR count). The number of benzene rings is 1. The van der Waals surface area contributed by atoms with Crippen LogP contribution in [0.5, 0.6) is 0 Å². The lowest BCUT2D eigenvalue weighted by Gasteiger charge is -2.26. The molecule has 17 heavy (non-hydrogen) atoms. The van der Waals surface area contributed by atoms with E-state index >= 15 is 0 Å². The van der Waals surface area contributed by atoms with E-state index < -0.39 is 0 Å². The molecule has 1 N–H and O–H groups in total. The minimum Gasteiger partial charge on any atom is -0.370 e. The van der Waals surface area contributed by atoms with E-state index in [2.05, 4.69) is 17.1 Å². The molecule has 0 spiro atoms.